The molecule has 0 saturated heterocycles. The highest BCUT2D eigenvalue weighted by Gasteiger charge is 2.25. The van der Waals surface area contributed by atoms with Crippen molar-refractivity contribution in [3.05, 3.63) is 182 Å². The molecule has 0 aliphatic carbocycles. The molecule has 4 nitrogen and oxygen atoms in total. The summed E-state index contributed by atoms with van der Waals surface area (Å²) in [6.07, 6.45) is 0. The Morgan fingerprint density at radius 1 is 0.351 bits per heavy atom. The average Bonchev–Trinajstić information content (AvgIpc) is 3.96. The molecule has 0 fully saturated rings. The van der Waals surface area contributed by atoms with Gasteiger partial charge in [-0.15, -0.1) is 22.7 Å². The monoisotopic (exact) mass is 762 g/mol. The van der Waals surface area contributed by atoms with Crippen molar-refractivity contribution < 1.29 is 0 Å². The van der Waals surface area contributed by atoms with Gasteiger partial charge in [-0.2, -0.15) is 0 Å². The lowest BCUT2D eigenvalue weighted by molar-refractivity contribution is 1.07. The Morgan fingerprint density at radius 2 is 0.877 bits per heavy atom. The predicted octanol–water partition coefficient (Wildman–Crippen LogP) is 14.4. The second kappa shape index (κ2) is 12.8. The fourth-order valence-corrected chi connectivity index (χ4v) is 10.8. The van der Waals surface area contributed by atoms with Crippen molar-refractivity contribution in [2.75, 3.05) is 0 Å². The lowest BCUT2D eigenvalue weighted by atomic mass is 9.95. The number of rotatable bonds is 5. The van der Waals surface area contributed by atoms with E-state index >= 15 is 0 Å². The Morgan fingerprint density at radius 3 is 1.58 bits per heavy atom. The van der Waals surface area contributed by atoms with Crippen molar-refractivity contribution in [1.82, 2.24) is 19.5 Å². The van der Waals surface area contributed by atoms with Crippen LogP contribution in [0.15, 0.2) is 182 Å². The molecule has 4 heterocycles. The van der Waals surface area contributed by atoms with Gasteiger partial charge in [-0.05, 0) is 59.7 Å². The number of hydrogen-bond donors (Lipinski definition) is 0. The highest BCUT2D eigenvalue weighted by Crippen LogP contribution is 2.48. The Kier molecular flexibility index (Phi) is 7.24. The van der Waals surface area contributed by atoms with Crippen LogP contribution in [0.3, 0.4) is 0 Å². The van der Waals surface area contributed by atoms with E-state index in [1.54, 1.807) is 0 Å². The third-order valence-corrected chi connectivity index (χ3v) is 13.3. The molecule has 8 aromatic carbocycles. The van der Waals surface area contributed by atoms with E-state index in [1.165, 1.54) is 56.9 Å². The Balaban J connectivity index is 1.24. The number of para-hydroxylation sites is 2. The third-order valence-electron chi connectivity index (χ3n) is 11.1. The number of benzene rings is 8. The largest absolute Gasteiger partial charge is 0.308 e. The van der Waals surface area contributed by atoms with Crippen LogP contribution in [0.2, 0.25) is 0 Å². The van der Waals surface area contributed by atoms with E-state index in [0.29, 0.717) is 17.5 Å². The zero-order valence-electron chi connectivity index (χ0n) is 30.4. The fraction of sp³-hybridized carbons (Fsp3) is 0. The summed E-state index contributed by atoms with van der Waals surface area (Å²) >= 11 is 3.67. The Labute approximate surface area is 335 Å². The maximum absolute atomic E-state index is 5.41. The van der Waals surface area contributed by atoms with Crippen LogP contribution in [0, 0.1) is 0 Å². The summed E-state index contributed by atoms with van der Waals surface area (Å²) in [5.41, 5.74) is 8.54. The van der Waals surface area contributed by atoms with Gasteiger partial charge in [0, 0.05) is 62.2 Å². The third kappa shape index (κ3) is 5.08. The van der Waals surface area contributed by atoms with E-state index in [1.807, 2.05) is 59.1 Å². The van der Waals surface area contributed by atoms with Gasteiger partial charge in [-0.3, -0.25) is 0 Å². The first-order valence-electron chi connectivity index (χ1n) is 19.0. The van der Waals surface area contributed by atoms with Crippen LogP contribution >= 0.6 is 22.7 Å². The molecule has 0 bridgehead atoms. The Bertz CT molecular complexity index is 3410. The average molecular weight is 763 g/mol. The first kappa shape index (κ1) is 32.3. The van der Waals surface area contributed by atoms with Crippen molar-refractivity contribution in [3.63, 3.8) is 0 Å². The zero-order valence-corrected chi connectivity index (χ0v) is 32.1. The number of nitrogens with zero attached hydrogens (tertiary/aromatic N) is 4. The highest BCUT2D eigenvalue weighted by molar-refractivity contribution is 7.26. The molecule has 0 unspecified atom stereocenters. The van der Waals surface area contributed by atoms with Gasteiger partial charge in [-0.1, -0.05) is 133 Å². The zero-order chi connectivity index (χ0) is 37.5. The smallest absolute Gasteiger partial charge is 0.166 e. The molecular weight excluding hydrogens is 733 g/mol. The summed E-state index contributed by atoms with van der Waals surface area (Å²) < 4.78 is 7.41. The van der Waals surface area contributed by atoms with Crippen LogP contribution < -0.4 is 0 Å². The Hall–Kier alpha value is -6.99. The van der Waals surface area contributed by atoms with Crippen LogP contribution in [-0.4, -0.2) is 19.5 Å². The van der Waals surface area contributed by atoms with Crippen LogP contribution in [-0.2, 0) is 0 Å². The summed E-state index contributed by atoms with van der Waals surface area (Å²) in [7, 11) is 0. The molecule has 0 spiro atoms. The molecule has 0 aliphatic rings. The number of fused-ring (bicyclic) bond motifs is 9. The quantitative estimate of drug-likeness (QED) is 0.175. The van der Waals surface area contributed by atoms with Gasteiger partial charge < -0.3 is 4.57 Å². The summed E-state index contributed by atoms with van der Waals surface area (Å²) in [5, 5.41) is 7.34. The summed E-state index contributed by atoms with van der Waals surface area (Å²) in [6.45, 7) is 0. The maximum atomic E-state index is 5.41. The minimum absolute atomic E-state index is 0.638. The molecule has 266 valence electrons. The number of aromatic nitrogens is 4. The van der Waals surface area contributed by atoms with Gasteiger partial charge in [0.1, 0.15) is 0 Å². The molecule has 0 aliphatic heterocycles. The molecule has 12 aromatic rings. The van der Waals surface area contributed by atoms with Crippen molar-refractivity contribution in [2.45, 2.75) is 0 Å². The van der Waals surface area contributed by atoms with Crippen molar-refractivity contribution >= 4 is 84.8 Å². The van der Waals surface area contributed by atoms with Crippen molar-refractivity contribution in [3.8, 4) is 51.0 Å². The van der Waals surface area contributed by atoms with Crippen LogP contribution in [0.4, 0.5) is 0 Å². The van der Waals surface area contributed by atoms with Gasteiger partial charge in [0.2, 0.25) is 0 Å². The summed E-state index contributed by atoms with van der Waals surface area (Å²) in [4.78, 5) is 15.9. The molecular formula is C51H30N4S2. The second-order valence-corrected chi connectivity index (χ2v) is 16.5. The fourth-order valence-electron chi connectivity index (χ4n) is 8.55. The molecule has 6 heteroatoms. The van der Waals surface area contributed by atoms with E-state index < -0.39 is 0 Å². The SMILES string of the molecule is c1ccc(-c2nc(-c3ccccc3)nc(-c3c(-n4c5ccccc5c5ccccc54)ccc4sc5cccc(-c6ccc7sc8ccccc8c7c6)c5c34)n2)cc1. The van der Waals surface area contributed by atoms with Gasteiger partial charge >= 0.3 is 0 Å². The van der Waals surface area contributed by atoms with Crippen molar-refractivity contribution in [1.29, 1.82) is 0 Å². The molecule has 12 rings (SSSR count). The summed E-state index contributed by atoms with van der Waals surface area (Å²) in [6, 6.07) is 64.9. The molecule has 57 heavy (non-hydrogen) atoms. The normalized spacial score (nSPS) is 11.9. The van der Waals surface area contributed by atoms with Gasteiger partial charge in [0.25, 0.3) is 0 Å². The lowest BCUT2D eigenvalue weighted by Gasteiger charge is -2.17. The van der Waals surface area contributed by atoms with Crippen LogP contribution in [0.25, 0.3) is 113 Å². The molecule has 0 N–H and O–H groups in total. The molecule has 0 radical (unpaired) electrons. The minimum atomic E-state index is 0.638. The highest BCUT2D eigenvalue weighted by atomic mass is 32.1. The molecule has 0 amide bonds. The lowest BCUT2D eigenvalue weighted by Crippen LogP contribution is -2.04. The number of hydrogen-bond acceptors (Lipinski definition) is 5. The number of thiophene rings is 2. The van der Waals surface area contributed by atoms with E-state index in [9.17, 15) is 0 Å². The van der Waals surface area contributed by atoms with Crippen molar-refractivity contribution in [2.24, 2.45) is 0 Å². The summed E-state index contributed by atoms with van der Waals surface area (Å²) in [5.74, 6) is 1.91. The standard InChI is InChI=1S/C51H30N4S2/c1-3-14-31(15-4-1)49-52-50(32-16-5-2-6-17-32)54-51(53-49)47-41(55-39-22-10-7-18-35(39)36-19-8-11-23-40(36)55)27-29-45-48(47)46-34(21-13-25-44(46)57-45)33-26-28-43-38(30-33)37-20-9-12-24-42(37)56-43/h1-30H. The molecule has 0 atom stereocenters. The van der Waals surface area contributed by atoms with Gasteiger partial charge in [-0.25, -0.2) is 15.0 Å². The second-order valence-electron chi connectivity index (χ2n) is 14.3. The molecule has 0 saturated carbocycles. The maximum Gasteiger partial charge on any atom is 0.166 e. The predicted molar refractivity (Wildman–Crippen MR) is 242 cm³/mol. The van der Waals surface area contributed by atoms with Gasteiger partial charge in [0.05, 0.1) is 22.3 Å². The minimum Gasteiger partial charge on any atom is -0.308 e. The first-order valence-corrected chi connectivity index (χ1v) is 20.7. The van der Waals surface area contributed by atoms with E-state index in [-0.39, 0.29) is 0 Å². The van der Waals surface area contributed by atoms with Crippen LogP contribution in [0.1, 0.15) is 0 Å². The van der Waals surface area contributed by atoms with E-state index in [2.05, 4.69) is 150 Å². The topological polar surface area (TPSA) is 43.6 Å². The van der Waals surface area contributed by atoms with E-state index in [0.717, 1.165) is 38.8 Å². The van der Waals surface area contributed by atoms with Crippen LogP contribution in [0.5, 0.6) is 0 Å². The molecule has 4 aromatic heterocycles. The first-order chi connectivity index (χ1) is 28.3. The van der Waals surface area contributed by atoms with Gasteiger partial charge in [0.15, 0.2) is 17.5 Å². The van der Waals surface area contributed by atoms with E-state index in [4.69, 9.17) is 15.0 Å².